The van der Waals surface area contributed by atoms with Gasteiger partial charge in [0.05, 0.1) is 27.7 Å². The number of nitrogen functional groups attached to an aromatic ring is 2. The Kier molecular flexibility index (Phi) is 11.4. The Bertz CT molecular complexity index is 2440. The minimum absolute atomic E-state index is 0.134. The SMILES string of the molecule is CCCc1cc(N)ccc1Oc1c(C(F)(F)F)cc(C2(c3cc(C(F)(F)F)c(Oc4ccc(N)cc4CCC)c(C(F)(F)F)c3)c3ccccc3-c3ccccc32)cc1C(F)(F)F. The number of benzene rings is 6. The number of anilines is 2. The van der Waals surface area contributed by atoms with Gasteiger partial charge in [0.2, 0.25) is 0 Å². The van der Waals surface area contributed by atoms with Crippen molar-refractivity contribution in [3.63, 3.8) is 0 Å². The van der Waals surface area contributed by atoms with Crippen LogP contribution in [0.4, 0.5) is 64.1 Å². The van der Waals surface area contributed by atoms with Crippen LogP contribution in [-0.2, 0) is 43.0 Å². The van der Waals surface area contributed by atoms with Gasteiger partial charge in [-0.05, 0) is 118 Å². The van der Waals surface area contributed by atoms with Gasteiger partial charge < -0.3 is 20.9 Å². The van der Waals surface area contributed by atoms with Gasteiger partial charge in [-0.1, -0.05) is 75.2 Å². The van der Waals surface area contributed by atoms with Gasteiger partial charge in [-0.3, -0.25) is 0 Å². The van der Waals surface area contributed by atoms with E-state index in [0.29, 0.717) is 12.8 Å². The van der Waals surface area contributed by atoms with Crippen LogP contribution in [0.3, 0.4) is 0 Å². The van der Waals surface area contributed by atoms with Crippen molar-refractivity contribution in [1.29, 1.82) is 0 Å². The highest BCUT2D eigenvalue weighted by atomic mass is 19.4. The highest BCUT2D eigenvalue weighted by Crippen LogP contribution is 2.60. The van der Waals surface area contributed by atoms with E-state index in [-0.39, 0.29) is 93.4 Å². The standard InChI is InChI=1S/C47H36F12N2O2/c1-3-9-25-19-29(60)15-17-39(25)62-41-35(44(48,49)50)21-27(22-36(41)45(51,52)53)43(33-13-7-5-11-31(33)32-12-6-8-14-34(32)43)28-23-37(46(54,55)56)42(38(24-28)47(57,58)59)63-40-18-16-30(61)20-26(40)10-4-2/h5-8,11-24H,3-4,9-10,60-61H2,1-2H3. The van der Waals surface area contributed by atoms with Crippen LogP contribution in [0.2, 0.25) is 0 Å². The molecule has 16 heteroatoms. The maximum Gasteiger partial charge on any atom is 0.420 e. The average molecular weight is 889 g/mol. The highest BCUT2D eigenvalue weighted by Gasteiger charge is 2.53. The van der Waals surface area contributed by atoms with Crippen molar-refractivity contribution in [3.8, 4) is 34.1 Å². The molecule has 0 saturated carbocycles. The number of nitrogens with two attached hydrogens (primary N) is 2. The molecule has 0 unspecified atom stereocenters. The van der Waals surface area contributed by atoms with E-state index in [2.05, 4.69) is 0 Å². The zero-order valence-corrected chi connectivity index (χ0v) is 33.2. The van der Waals surface area contributed by atoms with Gasteiger partial charge in [0.1, 0.15) is 11.5 Å². The van der Waals surface area contributed by atoms with E-state index in [9.17, 15) is 0 Å². The first-order chi connectivity index (χ1) is 29.5. The van der Waals surface area contributed by atoms with Gasteiger partial charge in [0.25, 0.3) is 0 Å². The molecular weight excluding hydrogens is 853 g/mol. The second-order valence-electron chi connectivity index (χ2n) is 15.1. The number of fused-ring (bicyclic) bond motifs is 3. The molecule has 6 aromatic carbocycles. The van der Waals surface area contributed by atoms with E-state index in [1.807, 2.05) is 0 Å². The van der Waals surface area contributed by atoms with Crippen molar-refractivity contribution in [2.75, 3.05) is 11.5 Å². The molecule has 4 nitrogen and oxygen atoms in total. The molecule has 63 heavy (non-hydrogen) atoms. The summed E-state index contributed by atoms with van der Waals surface area (Å²) in [7, 11) is 0. The Balaban J connectivity index is 1.64. The molecule has 0 bridgehead atoms. The lowest BCUT2D eigenvalue weighted by Crippen LogP contribution is -2.31. The van der Waals surface area contributed by atoms with E-state index < -0.39 is 75.0 Å². The van der Waals surface area contributed by atoms with Crippen LogP contribution in [-0.4, -0.2) is 0 Å². The summed E-state index contributed by atoms with van der Waals surface area (Å²) >= 11 is 0. The highest BCUT2D eigenvalue weighted by molar-refractivity contribution is 5.87. The molecule has 0 radical (unpaired) electrons. The first kappa shape index (κ1) is 44.7. The largest absolute Gasteiger partial charge is 0.456 e. The number of ether oxygens (including phenoxy) is 2. The molecule has 1 aliphatic rings. The van der Waals surface area contributed by atoms with Gasteiger partial charge in [-0.25, -0.2) is 0 Å². The summed E-state index contributed by atoms with van der Waals surface area (Å²) in [4.78, 5) is 0. The van der Waals surface area contributed by atoms with E-state index in [1.165, 1.54) is 72.8 Å². The summed E-state index contributed by atoms with van der Waals surface area (Å²) < 4.78 is 196. The van der Waals surface area contributed by atoms with E-state index >= 15 is 52.7 Å². The number of aryl methyl sites for hydroxylation is 2. The van der Waals surface area contributed by atoms with Gasteiger partial charge in [0, 0.05) is 11.4 Å². The molecule has 1 aliphatic carbocycles. The maximum absolute atomic E-state index is 15.4. The fourth-order valence-electron chi connectivity index (χ4n) is 8.32. The molecule has 0 spiro atoms. The molecule has 0 amide bonds. The second-order valence-corrected chi connectivity index (χ2v) is 15.1. The monoisotopic (exact) mass is 888 g/mol. The van der Waals surface area contributed by atoms with Crippen LogP contribution in [0.25, 0.3) is 11.1 Å². The lowest BCUT2D eigenvalue weighted by Gasteiger charge is -2.36. The predicted octanol–water partition coefficient (Wildman–Crippen LogP) is 14.8. The molecule has 0 heterocycles. The Morgan fingerprint density at radius 2 is 0.762 bits per heavy atom. The molecule has 0 aromatic heterocycles. The van der Waals surface area contributed by atoms with Crippen molar-refractivity contribution in [3.05, 3.63) is 165 Å². The Hall–Kier alpha value is -6.32. The number of rotatable bonds is 10. The normalized spacial score (nSPS) is 13.7. The minimum Gasteiger partial charge on any atom is -0.456 e. The van der Waals surface area contributed by atoms with Crippen molar-refractivity contribution in [2.45, 2.75) is 69.7 Å². The van der Waals surface area contributed by atoms with Crippen LogP contribution in [0.15, 0.2) is 109 Å². The Morgan fingerprint density at radius 1 is 0.444 bits per heavy atom. The predicted molar refractivity (Wildman–Crippen MR) is 214 cm³/mol. The molecular formula is C47H36F12N2O2. The molecule has 4 N–H and O–H groups in total. The van der Waals surface area contributed by atoms with Gasteiger partial charge in [-0.15, -0.1) is 0 Å². The van der Waals surface area contributed by atoms with Crippen LogP contribution in [0.1, 0.15) is 82.3 Å². The third-order valence-electron chi connectivity index (χ3n) is 10.8. The first-order valence-corrected chi connectivity index (χ1v) is 19.5. The number of hydrogen-bond acceptors (Lipinski definition) is 4. The number of halogens is 12. The minimum atomic E-state index is -5.63. The molecule has 0 atom stereocenters. The summed E-state index contributed by atoms with van der Waals surface area (Å²) in [5, 5.41) is 0. The first-order valence-electron chi connectivity index (χ1n) is 19.5. The number of hydrogen-bond donors (Lipinski definition) is 2. The quantitative estimate of drug-likeness (QED) is 0.106. The average Bonchev–Trinajstić information content (AvgIpc) is 3.49. The van der Waals surface area contributed by atoms with Crippen LogP contribution in [0.5, 0.6) is 23.0 Å². The summed E-state index contributed by atoms with van der Waals surface area (Å²) in [6, 6.07) is 19.3. The third-order valence-corrected chi connectivity index (χ3v) is 10.8. The van der Waals surface area contributed by atoms with E-state index in [0.717, 1.165) is 12.1 Å². The summed E-state index contributed by atoms with van der Waals surface area (Å²) in [6.45, 7) is 3.41. The van der Waals surface area contributed by atoms with Gasteiger partial charge >= 0.3 is 24.7 Å². The van der Waals surface area contributed by atoms with Crippen molar-refractivity contribution in [2.24, 2.45) is 0 Å². The topological polar surface area (TPSA) is 70.5 Å². The van der Waals surface area contributed by atoms with Crippen molar-refractivity contribution in [1.82, 2.24) is 0 Å². The van der Waals surface area contributed by atoms with Gasteiger partial charge in [0.15, 0.2) is 11.5 Å². The third kappa shape index (κ3) is 8.22. The Labute approximate surface area is 353 Å². The molecule has 0 saturated heterocycles. The zero-order valence-electron chi connectivity index (χ0n) is 33.2. The number of alkyl halides is 12. The molecule has 0 aliphatic heterocycles. The smallest absolute Gasteiger partial charge is 0.420 e. The van der Waals surface area contributed by atoms with E-state index in [1.54, 1.807) is 13.8 Å². The maximum atomic E-state index is 15.4. The fraction of sp³-hybridized carbons (Fsp3) is 0.234. The Morgan fingerprint density at radius 3 is 1.06 bits per heavy atom. The van der Waals surface area contributed by atoms with Crippen LogP contribution in [0, 0.1) is 0 Å². The van der Waals surface area contributed by atoms with Gasteiger partial charge in [-0.2, -0.15) is 52.7 Å². The zero-order chi connectivity index (χ0) is 45.9. The molecule has 0 fully saturated rings. The van der Waals surface area contributed by atoms with E-state index in [4.69, 9.17) is 20.9 Å². The summed E-state index contributed by atoms with van der Waals surface area (Å²) in [6.07, 6.45) is -21.5. The summed E-state index contributed by atoms with van der Waals surface area (Å²) in [5.74, 6) is -4.13. The molecule has 6 aromatic rings. The van der Waals surface area contributed by atoms with Crippen LogP contribution >= 0.6 is 0 Å². The van der Waals surface area contributed by atoms with Crippen molar-refractivity contribution >= 4 is 11.4 Å². The van der Waals surface area contributed by atoms with Crippen LogP contribution < -0.4 is 20.9 Å². The lowest BCUT2D eigenvalue weighted by molar-refractivity contribution is -0.146. The second kappa shape index (κ2) is 16.1. The fourth-order valence-corrected chi connectivity index (χ4v) is 8.32. The molecule has 330 valence electrons. The summed E-state index contributed by atoms with van der Waals surface area (Å²) in [5.41, 5.74) is -0.280. The van der Waals surface area contributed by atoms with Crippen molar-refractivity contribution < 1.29 is 62.2 Å². The lowest BCUT2D eigenvalue weighted by atomic mass is 9.66. The molecule has 7 rings (SSSR count).